The molecule has 1 atom stereocenters. The second-order valence-corrected chi connectivity index (χ2v) is 18.4. The quantitative estimate of drug-likeness (QED) is 0.494. The van der Waals surface area contributed by atoms with E-state index in [4.69, 9.17) is 46.8 Å². The fraction of sp³-hybridized carbons (Fsp3) is 0.571. The van der Waals surface area contributed by atoms with Crippen LogP contribution in [0.2, 0.25) is 12.6 Å². The van der Waals surface area contributed by atoms with Crippen LogP contribution in [0.15, 0.2) is 18.2 Å². The summed E-state index contributed by atoms with van der Waals surface area (Å²) in [5.74, 6) is 1.56. The first-order valence-corrected chi connectivity index (χ1v) is 15.2. The summed E-state index contributed by atoms with van der Waals surface area (Å²) in [5, 5.41) is 0. The summed E-state index contributed by atoms with van der Waals surface area (Å²) in [5.41, 5.74) is 0.978. The second-order valence-electron chi connectivity index (χ2n) is 6.10. The van der Waals surface area contributed by atoms with Crippen LogP contribution in [-0.2, 0) is 11.0 Å². The molecule has 0 aliphatic carbocycles. The van der Waals surface area contributed by atoms with Gasteiger partial charge in [0.15, 0.2) is 0 Å². The van der Waals surface area contributed by atoms with E-state index < -0.39 is 14.6 Å². The molecule has 1 aromatic rings. The summed E-state index contributed by atoms with van der Waals surface area (Å²) in [4.78, 5) is 2.17. The first kappa shape index (κ1) is 19.4. The summed E-state index contributed by atoms with van der Waals surface area (Å²) < 4.78 is 17.8. The highest BCUT2D eigenvalue weighted by Gasteiger charge is 2.37. The van der Waals surface area contributed by atoms with Gasteiger partial charge in [-0.2, -0.15) is 0 Å². The fourth-order valence-electron chi connectivity index (χ4n) is 2.36. The molecular weight excluding hydrogens is 393 g/mol. The molecule has 1 unspecified atom stereocenters. The summed E-state index contributed by atoms with van der Waals surface area (Å²) in [7, 11) is 2.00. The van der Waals surface area contributed by atoms with Crippen LogP contribution in [0.5, 0.6) is 11.5 Å². The molecule has 9 heteroatoms. The Morgan fingerprint density at radius 2 is 2.04 bits per heavy atom. The van der Waals surface area contributed by atoms with Gasteiger partial charge >= 0.3 is 14.6 Å². The van der Waals surface area contributed by atoms with Crippen molar-refractivity contribution in [2.24, 2.45) is 0 Å². The molecule has 0 fully saturated rings. The van der Waals surface area contributed by atoms with Crippen LogP contribution in [0.1, 0.15) is 12.0 Å². The van der Waals surface area contributed by atoms with Crippen molar-refractivity contribution < 1.29 is 13.6 Å². The minimum absolute atomic E-state index is 0.134. The van der Waals surface area contributed by atoms with E-state index in [9.17, 15) is 0 Å². The predicted molar refractivity (Wildman–Crippen MR) is 100 cm³/mol. The Hall–Kier alpha value is 0.0438. The van der Waals surface area contributed by atoms with E-state index in [1.165, 1.54) is 0 Å². The van der Waals surface area contributed by atoms with Crippen molar-refractivity contribution in [3.8, 4) is 11.5 Å². The average molecular weight is 415 g/mol. The maximum Gasteiger partial charge on any atom is 0.395 e. The van der Waals surface area contributed by atoms with Crippen molar-refractivity contribution in [3.05, 3.63) is 23.8 Å². The third kappa shape index (κ3) is 6.45. The van der Waals surface area contributed by atoms with Gasteiger partial charge in [-0.1, -0.05) is 0 Å². The Morgan fingerprint density at radius 3 is 2.70 bits per heavy atom. The molecule has 130 valence electrons. The largest absolute Gasteiger partial charge is 0.520 e. The zero-order valence-electron chi connectivity index (χ0n) is 13.6. The topological polar surface area (TPSA) is 30.9 Å². The molecule has 0 N–H and O–H groups in total. The van der Waals surface area contributed by atoms with Gasteiger partial charge < -0.3 is 18.5 Å². The third-order valence-corrected chi connectivity index (χ3v) is 7.65. The summed E-state index contributed by atoms with van der Waals surface area (Å²) >= 11 is 17.5. The molecule has 1 aliphatic rings. The number of nitrogens with zero attached hydrogens (tertiary/aromatic N) is 1. The predicted octanol–water partition coefficient (Wildman–Crippen LogP) is 4.19. The average Bonchev–Trinajstić information content (AvgIpc) is 2.43. The third-order valence-electron chi connectivity index (χ3n) is 3.53. The molecule has 0 saturated carbocycles. The van der Waals surface area contributed by atoms with E-state index in [0.717, 1.165) is 30.3 Å². The fourth-order valence-corrected chi connectivity index (χ4v) is 5.41. The van der Waals surface area contributed by atoms with Crippen molar-refractivity contribution in [1.82, 2.24) is 4.90 Å². The maximum atomic E-state index is 6.17. The summed E-state index contributed by atoms with van der Waals surface area (Å²) in [6.07, 6.45) is 1.20. The van der Waals surface area contributed by atoms with E-state index in [1.807, 2.05) is 18.2 Å². The van der Waals surface area contributed by atoms with Gasteiger partial charge in [0, 0.05) is 11.6 Å². The molecule has 23 heavy (non-hydrogen) atoms. The zero-order valence-corrected chi connectivity index (χ0v) is 17.8. The SMILES string of the molecule is CN(C)CCC[Si]1(C)OCc2cc(OC[Si](Cl)(Cl)Cl)ccc2O1. The molecule has 1 aliphatic heterocycles. The number of halogens is 3. The molecule has 0 spiro atoms. The van der Waals surface area contributed by atoms with Crippen molar-refractivity contribution in [2.75, 3.05) is 26.9 Å². The number of hydrogen-bond donors (Lipinski definition) is 0. The second kappa shape index (κ2) is 7.95. The Morgan fingerprint density at radius 1 is 1.30 bits per heavy atom. The molecule has 0 amide bonds. The molecule has 2 rings (SSSR count). The molecule has 0 aromatic heterocycles. The minimum Gasteiger partial charge on any atom is -0.520 e. The van der Waals surface area contributed by atoms with Gasteiger partial charge in [0.2, 0.25) is 0 Å². The number of rotatable bonds is 7. The molecule has 1 aromatic carbocycles. The van der Waals surface area contributed by atoms with Crippen LogP contribution < -0.4 is 9.16 Å². The first-order valence-electron chi connectivity index (χ1n) is 7.47. The van der Waals surface area contributed by atoms with Gasteiger partial charge in [-0.3, -0.25) is 0 Å². The van der Waals surface area contributed by atoms with E-state index in [2.05, 4.69) is 25.5 Å². The van der Waals surface area contributed by atoms with E-state index in [1.54, 1.807) is 0 Å². The van der Waals surface area contributed by atoms with E-state index in [0.29, 0.717) is 12.4 Å². The van der Waals surface area contributed by atoms with Crippen molar-refractivity contribution in [1.29, 1.82) is 0 Å². The standard InChI is InChI=1S/C14H22Cl3NO3Si2/c1-18(2)7-4-8-22(3)20-10-12-9-13(5-6-14(12)21-22)19-11-23(15,16)17/h5-6,9H,4,7-8,10-11H2,1-3H3. The smallest absolute Gasteiger partial charge is 0.395 e. The Kier molecular flexibility index (Phi) is 6.69. The first-order chi connectivity index (χ1) is 10.7. The maximum absolute atomic E-state index is 6.17. The molecule has 0 saturated heterocycles. The monoisotopic (exact) mass is 413 g/mol. The summed E-state index contributed by atoms with van der Waals surface area (Å²) in [6.45, 7) is 3.70. The number of ether oxygens (including phenoxy) is 1. The Labute approximate surface area is 153 Å². The van der Waals surface area contributed by atoms with Crippen LogP contribution in [0.25, 0.3) is 0 Å². The van der Waals surface area contributed by atoms with Crippen LogP contribution in [0.4, 0.5) is 0 Å². The highest BCUT2D eigenvalue weighted by Crippen LogP contribution is 2.34. The van der Waals surface area contributed by atoms with Crippen LogP contribution in [-0.4, -0.2) is 46.3 Å². The molecule has 1 heterocycles. The highest BCUT2D eigenvalue weighted by molar-refractivity contribution is 7.64. The lowest BCUT2D eigenvalue weighted by atomic mass is 10.2. The Bertz CT molecular complexity index is 542. The number of fused-ring (bicyclic) bond motifs is 1. The molecular formula is C14H22Cl3NO3Si2. The lowest BCUT2D eigenvalue weighted by Crippen LogP contribution is -2.45. The van der Waals surface area contributed by atoms with Gasteiger partial charge in [-0.15, -0.1) is 33.2 Å². The van der Waals surface area contributed by atoms with E-state index >= 15 is 0 Å². The van der Waals surface area contributed by atoms with Crippen LogP contribution in [0.3, 0.4) is 0 Å². The lowest BCUT2D eigenvalue weighted by Gasteiger charge is -2.33. The lowest BCUT2D eigenvalue weighted by molar-refractivity contribution is 0.202. The number of benzene rings is 1. The molecule has 0 bridgehead atoms. The number of hydrogen-bond acceptors (Lipinski definition) is 4. The van der Waals surface area contributed by atoms with Gasteiger partial charge in [-0.05, 0) is 51.8 Å². The van der Waals surface area contributed by atoms with Crippen molar-refractivity contribution in [2.45, 2.75) is 25.6 Å². The highest BCUT2D eigenvalue weighted by atomic mass is 35.8. The minimum atomic E-state index is -2.79. The zero-order chi connectivity index (χ0) is 17.1. The van der Waals surface area contributed by atoms with Gasteiger partial charge in [-0.25, -0.2) is 0 Å². The Balaban J connectivity index is 1.96. The van der Waals surface area contributed by atoms with Gasteiger partial charge in [0.05, 0.1) is 6.61 Å². The van der Waals surface area contributed by atoms with Gasteiger partial charge in [0.25, 0.3) is 0 Å². The van der Waals surface area contributed by atoms with Crippen molar-refractivity contribution in [3.63, 3.8) is 0 Å². The molecule has 0 radical (unpaired) electrons. The van der Waals surface area contributed by atoms with Crippen LogP contribution >= 0.6 is 33.2 Å². The summed E-state index contributed by atoms with van der Waals surface area (Å²) in [6, 6.07) is 3.85. The van der Waals surface area contributed by atoms with Gasteiger partial charge in [0.1, 0.15) is 17.7 Å². The van der Waals surface area contributed by atoms with Crippen LogP contribution in [0, 0.1) is 0 Å². The van der Waals surface area contributed by atoms with E-state index in [-0.39, 0.29) is 6.23 Å². The van der Waals surface area contributed by atoms with Crippen molar-refractivity contribution >= 4 is 47.8 Å². The normalized spacial score (nSPS) is 21.0. The molecule has 4 nitrogen and oxygen atoms in total.